The van der Waals surface area contributed by atoms with Gasteiger partial charge in [0.2, 0.25) is 0 Å². The molecule has 84 valence electrons. The maximum atomic E-state index is 11.2. The predicted octanol–water partition coefficient (Wildman–Crippen LogP) is 2.05. The Hall–Kier alpha value is -1.36. The highest BCUT2D eigenvalue weighted by molar-refractivity contribution is 9.10. The molecule has 0 fully saturated rings. The van der Waals surface area contributed by atoms with Crippen molar-refractivity contribution in [3.8, 4) is 0 Å². The molecule has 0 radical (unpaired) electrons. The summed E-state index contributed by atoms with van der Waals surface area (Å²) in [7, 11) is 3.27. The Morgan fingerprint density at radius 2 is 2.31 bits per heavy atom. The molecule has 4 nitrogen and oxygen atoms in total. The van der Waals surface area contributed by atoms with E-state index in [0.29, 0.717) is 5.82 Å². The summed E-state index contributed by atoms with van der Waals surface area (Å²) in [5.74, 6) is 0.428. The third kappa shape index (κ3) is 1.95. The number of aromatic nitrogens is 2. The van der Waals surface area contributed by atoms with E-state index in [-0.39, 0.29) is 12.4 Å². The van der Waals surface area contributed by atoms with Gasteiger partial charge in [0, 0.05) is 11.5 Å². The zero-order valence-electron chi connectivity index (χ0n) is 9.03. The second-order valence-electron chi connectivity index (χ2n) is 3.47. The molecule has 0 bridgehead atoms. The minimum Gasteiger partial charge on any atom is -0.469 e. The number of hydrogen-bond acceptors (Lipinski definition) is 3. The number of carbonyl (C=O) groups is 1. The first-order valence-electron chi connectivity index (χ1n) is 4.79. The molecule has 1 aromatic carbocycles. The summed E-state index contributed by atoms with van der Waals surface area (Å²) < 4.78 is 7.50. The summed E-state index contributed by atoms with van der Waals surface area (Å²) in [6, 6.07) is 5.84. The Kier molecular flexibility index (Phi) is 2.96. The van der Waals surface area contributed by atoms with Gasteiger partial charge in [0.05, 0.1) is 18.1 Å². The maximum absolute atomic E-state index is 11.2. The van der Waals surface area contributed by atoms with Crippen LogP contribution in [0, 0.1) is 0 Å². The van der Waals surface area contributed by atoms with Crippen LogP contribution in [0.1, 0.15) is 5.82 Å². The molecule has 2 aromatic rings. The van der Waals surface area contributed by atoms with E-state index in [9.17, 15) is 4.79 Å². The first kappa shape index (κ1) is 11.1. The average Bonchev–Trinajstić information content (AvgIpc) is 2.55. The molecule has 0 atom stereocenters. The van der Waals surface area contributed by atoms with E-state index in [0.717, 1.165) is 15.5 Å². The van der Waals surface area contributed by atoms with Crippen molar-refractivity contribution in [1.29, 1.82) is 0 Å². The van der Waals surface area contributed by atoms with E-state index in [2.05, 4.69) is 25.7 Å². The molecule has 0 aliphatic heterocycles. The number of halogens is 1. The average molecular weight is 283 g/mol. The lowest BCUT2D eigenvalue weighted by atomic mass is 10.3. The fraction of sp³-hybridized carbons (Fsp3) is 0.273. The van der Waals surface area contributed by atoms with Crippen molar-refractivity contribution in [2.45, 2.75) is 6.42 Å². The topological polar surface area (TPSA) is 44.1 Å². The normalized spacial score (nSPS) is 10.7. The first-order chi connectivity index (χ1) is 7.61. The molecule has 1 heterocycles. The van der Waals surface area contributed by atoms with Crippen molar-refractivity contribution < 1.29 is 9.53 Å². The van der Waals surface area contributed by atoms with Gasteiger partial charge in [-0.1, -0.05) is 15.9 Å². The van der Waals surface area contributed by atoms with Gasteiger partial charge < -0.3 is 9.30 Å². The number of aryl methyl sites for hydroxylation is 1. The zero-order valence-corrected chi connectivity index (χ0v) is 10.6. The molecule has 0 unspecified atom stereocenters. The molecule has 0 aliphatic rings. The fourth-order valence-electron chi connectivity index (χ4n) is 1.58. The van der Waals surface area contributed by atoms with Gasteiger partial charge in [0.15, 0.2) is 0 Å². The Labute approximate surface area is 101 Å². The molecule has 5 heteroatoms. The van der Waals surface area contributed by atoms with Crippen molar-refractivity contribution in [2.75, 3.05) is 7.11 Å². The standard InChI is InChI=1S/C11H11BrN2O2/c1-14-9-4-3-7(12)5-8(9)13-10(14)6-11(15)16-2/h3-5H,6H2,1-2H3. The van der Waals surface area contributed by atoms with E-state index in [1.165, 1.54) is 7.11 Å². The molecular weight excluding hydrogens is 272 g/mol. The third-order valence-electron chi connectivity index (χ3n) is 2.47. The minimum atomic E-state index is -0.280. The number of ether oxygens (including phenoxy) is 1. The molecule has 0 N–H and O–H groups in total. The minimum absolute atomic E-state index is 0.194. The number of methoxy groups -OCH3 is 1. The number of esters is 1. The second-order valence-corrected chi connectivity index (χ2v) is 4.39. The summed E-state index contributed by atoms with van der Waals surface area (Å²) in [6.45, 7) is 0. The summed E-state index contributed by atoms with van der Waals surface area (Å²) in [5, 5.41) is 0. The van der Waals surface area contributed by atoms with Gasteiger partial charge >= 0.3 is 5.97 Å². The summed E-state index contributed by atoms with van der Waals surface area (Å²) in [4.78, 5) is 15.6. The van der Waals surface area contributed by atoms with Gasteiger partial charge in [-0.15, -0.1) is 0 Å². The quantitative estimate of drug-likeness (QED) is 0.792. The van der Waals surface area contributed by atoms with Gasteiger partial charge in [-0.25, -0.2) is 4.98 Å². The predicted molar refractivity (Wildman–Crippen MR) is 64.1 cm³/mol. The van der Waals surface area contributed by atoms with Gasteiger partial charge in [-0.05, 0) is 18.2 Å². The van der Waals surface area contributed by atoms with Crippen molar-refractivity contribution in [3.05, 3.63) is 28.5 Å². The number of carbonyl (C=O) groups excluding carboxylic acids is 1. The van der Waals surface area contributed by atoms with Gasteiger partial charge in [0.25, 0.3) is 0 Å². The monoisotopic (exact) mass is 282 g/mol. The van der Waals surface area contributed by atoms with Crippen LogP contribution in [0.5, 0.6) is 0 Å². The number of fused-ring (bicyclic) bond motifs is 1. The Balaban J connectivity index is 2.47. The summed E-state index contributed by atoms with van der Waals surface area (Å²) >= 11 is 3.39. The van der Waals surface area contributed by atoms with Crippen LogP contribution in [0.15, 0.2) is 22.7 Å². The lowest BCUT2D eigenvalue weighted by Gasteiger charge is -2.00. The van der Waals surface area contributed by atoms with Crippen molar-refractivity contribution in [2.24, 2.45) is 7.05 Å². The van der Waals surface area contributed by atoms with Crippen LogP contribution in [0.3, 0.4) is 0 Å². The van der Waals surface area contributed by atoms with E-state index in [4.69, 9.17) is 0 Å². The van der Waals surface area contributed by atoms with Crippen LogP contribution in [0.4, 0.5) is 0 Å². The number of rotatable bonds is 2. The maximum Gasteiger partial charge on any atom is 0.313 e. The van der Waals surface area contributed by atoms with Crippen LogP contribution in [-0.4, -0.2) is 22.6 Å². The molecule has 1 aromatic heterocycles. The van der Waals surface area contributed by atoms with Crippen molar-refractivity contribution >= 4 is 32.9 Å². The highest BCUT2D eigenvalue weighted by Gasteiger charge is 2.11. The SMILES string of the molecule is COC(=O)Cc1nc2cc(Br)ccc2n1C. The van der Waals surface area contributed by atoms with Crippen LogP contribution in [0.25, 0.3) is 11.0 Å². The summed E-state index contributed by atoms with van der Waals surface area (Å²) in [6.07, 6.45) is 0.194. The van der Waals surface area contributed by atoms with Crippen LogP contribution in [-0.2, 0) is 23.0 Å². The van der Waals surface area contributed by atoms with Crippen molar-refractivity contribution in [3.63, 3.8) is 0 Å². The Morgan fingerprint density at radius 1 is 1.56 bits per heavy atom. The number of nitrogens with zero attached hydrogens (tertiary/aromatic N) is 2. The smallest absolute Gasteiger partial charge is 0.313 e. The van der Waals surface area contributed by atoms with Gasteiger partial charge in [-0.2, -0.15) is 0 Å². The van der Waals surface area contributed by atoms with E-state index < -0.39 is 0 Å². The molecule has 0 amide bonds. The molecule has 0 aliphatic carbocycles. The molecule has 0 saturated carbocycles. The lowest BCUT2D eigenvalue weighted by molar-refractivity contribution is -0.139. The Morgan fingerprint density at radius 3 is 3.00 bits per heavy atom. The first-order valence-corrected chi connectivity index (χ1v) is 5.59. The third-order valence-corrected chi connectivity index (χ3v) is 2.96. The van der Waals surface area contributed by atoms with E-state index in [1.807, 2.05) is 29.8 Å². The molecule has 2 rings (SSSR count). The van der Waals surface area contributed by atoms with E-state index >= 15 is 0 Å². The second kappa shape index (κ2) is 4.25. The largest absolute Gasteiger partial charge is 0.469 e. The number of hydrogen-bond donors (Lipinski definition) is 0. The fourth-order valence-corrected chi connectivity index (χ4v) is 1.93. The lowest BCUT2D eigenvalue weighted by Crippen LogP contribution is -2.09. The van der Waals surface area contributed by atoms with Crippen LogP contribution >= 0.6 is 15.9 Å². The Bertz CT molecular complexity index is 548. The molecule has 16 heavy (non-hydrogen) atoms. The highest BCUT2D eigenvalue weighted by atomic mass is 79.9. The summed E-state index contributed by atoms with van der Waals surface area (Å²) in [5.41, 5.74) is 1.87. The van der Waals surface area contributed by atoms with Crippen molar-refractivity contribution in [1.82, 2.24) is 9.55 Å². The number of imidazole rings is 1. The highest BCUT2D eigenvalue weighted by Crippen LogP contribution is 2.20. The zero-order chi connectivity index (χ0) is 11.7. The van der Waals surface area contributed by atoms with Gasteiger partial charge in [-0.3, -0.25) is 4.79 Å². The van der Waals surface area contributed by atoms with Crippen LogP contribution < -0.4 is 0 Å². The van der Waals surface area contributed by atoms with E-state index in [1.54, 1.807) is 0 Å². The van der Waals surface area contributed by atoms with Crippen LogP contribution in [0.2, 0.25) is 0 Å². The molecular formula is C11H11BrN2O2. The van der Waals surface area contributed by atoms with Gasteiger partial charge in [0.1, 0.15) is 12.2 Å². The molecule has 0 saturated heterocycles. The molecule has 0 spiro atoms. The number of benzene rings is 1.